The Balaban J connectivity index is 1.29. The molecule has 0 aliphatic heterocycles. The number of nitrogens with one attached hydrogen (secondary N) is 4. The smallest absolute Gasteiger partial charge is 0.258 e. The lowest BCUT2D eigenvalue weighted by molar-refractivity contribution is -0.133. The van der Waals surface area contributed by atoms with Gasteiger partial charge in [-0.1, -0.05) is 88.4 Å². The first-order valence-electron chi connectivity index (χ1n) is 19.5. The fourth-order valence-electron chi connectivity index (χ4n) is 7.37. The number of pyridine rings is 1. The molecule has 2 aromatic carbocycles. The maximum atomic E-state index is 14.1. The van der Waals surface area contributed by atoms with Crippen molar-refractivity contribution in [3.05, 3.63) is 85.1 Å². The summed E-state index contributed by atoms with van der Waals surface area (Å²) < 4.78 is 5.91. The zero-order chi connectivity index (χ0) is 40.0. The Hall–Kier alpha value is -5.34. The molecule has 1 unspecified atom stereocenters. The molecule has 4 amide bonds. The van der Waals surface area contributed by atoms with Gasteiger partial charge in [-0.2, -0.15) is 0 Å². The molecule has 2 aromatic heterocycles. The highest BCUT2D eigenvalue weighted by atomic mass is 16.5. The summed E-state index contributed by atoms with van der Waals surface area (Å²) in [6.07, 6.45) is 9.20. The number of aromatic nitrogens is 3. The Bertz CT molecular complexity index is 1860. The number of nitrogens with zero attached hydrogens (tertiary/aromatic N) is 3. The van der Waals surface area contributed by atoms with Crippen LogP contribution in [0.1, 0.15) is 64.5 Å². The van der Waals surface area contributed by atoms with E-state index in [9.17, 15) is 29.4 Å². The first kappa shape index (κ1) is 41.8. The van der Waals surface area contributed by atoms with E-state index in [2.05, 4.69) is 30.9 Å². The summed E-state index contributed by atoms with van der Waals surface area (Å²) in [5.74, 6) is -1.89. The third-order valence-corrected chi connectivity index (χ3v) is 10.6. The number of aromatic amines is 1. The topological polar surface area (TPSA) is 199 Å². The second-order valence-corrected chi connectivity index (χ2v) is 15.0. The lowest BCUT2D eigenvalue weighted by Gasteiger charge is -2.33. The highest BCUT2D eigenvalue weighted by molar-refractivity contribution is 5.98. The maximum Gasteiger partial charge on any atom is 0.258 e. The number of likely N-dealkylation sites (N-methyl/N-ethyl adjacent to an activating group) is 1. The molecule has 4 aromatic rings. The largest absolute Gasteiger partial charge is 0.483 e. The predicted molar refractivity (Wildman–Crippen MR) is 212 cm³/mol. The van der Waals surface area contributed by atoms with Gasteiger partial charge in [-0.25, -0.2) is 9.97 Å². The van der Waals surface area contributed by atoms with E-state index in [0.717, 1.165) is 42.9 Å². The number of anilines is 1. The number of amides is 4. The van der Waals surface area contributed by atoms with Gasteiger partial charge in [-0.15, -0.1) is 0 Å². The molecule has 1 saturated carbocycles. The number of fused-ring (bicyclic) bond motifs is 1. The van der Waals surface area contributed by atoms with Crippen molar-refractivity contribution in [1.82, 2.24) is 30.9 Å². The van der Waals surface area contributed by atoms with E-state index in [-0.39, 0.29) is 31.3 Å². The fraction of sp³-hybridized carbons (Fsp3) is 0.476. The van der Waals surface area contributed by atoms with Crippen molar-refractivity contribution in [1.29, 1.82) is 0 Å². The van der Waals surface area contributed by atoms with Crippen LogP contribution < -0.4 is 25.6 Å². The van der Waals surface area contributed by atoms with Crippen LogP contribution in [0.4, 0.5) is 5.82 Å². The Kier molecular flexibility index (Phi) is 15.3. The zero-order valence-corrected chi connectivity index (χ0v) is 32.4. The summed E-state index contributed by atoms with van der Waals surface area (Å²) in [5.41, 5.74) is 0.628. The van der Waals surface area contributed by atoms with Crippen molar-refractivity contribution in [3.63, 3.8) is 0 Å². The Morgan fingerprint density at radius 2 is 1.68 bits per heavy atom. The van der Waals surface area contributed by atoms with E-state index in [1.807, 2.05) is 50.2 Å². The van der Waals surface area contributed by atoms with Crippen LogP contribution in [-0.2, 0) is 25.6 Å². The first-order valence-corrected chi connectivity index (χ1v) is 19.5. The van der Waals surface area contributed by atoms with Gasteiger partial charge in [0, 0.05) is 42.9 Å². The van der Waals surface area contributed by atoms with Crippen LogP contribution in [0.5, 0.6) is 5.75 Å². The predicted octanol–water partition coefficient (Wildman–Crippen LogP) is 3.68. The molecule has 14 heteroatoms. The van der Waals surface area contributed by atoms with Gasteiger partial charge in [-0.3, -0.25) is 24.1 Å². The molecule has 0 saturated heterocycles. The quantitative estimate of drug-likeness (QED) is 0.0824. The van der Waals surface area contributed by atoms with Crippen LogP contribution in [-0.4, -0.2) is 93.3 Å². The second-order valence-electron chi connectivity index (χ2n) is 15.0. The number of imidazole rings is 1. The molecule has 14 nitrogen and oxygen atoms in total. The van der Waals surface area contributed by atoms with E-state index in [4.69, 9.17) is 4.74 Å². The number of carbonyl (C=O) groups is 4. The molecule has 1 fully saturated rings. The molecular weight excluding hydrogens is 715 g/mol. The molecule has 0 spiro atoms. The van der Waals surface area contributed by atoms with Crippen molar-refractivity contribution in [2.75, 3.05) is 25.2 Å². The minimum atomic E-state index is -1.23. The van der Waals surface area contributed by atoms with E-state index in [0.29, 0.717) is 23.7 Å². The van der Waals surface area contributed by atoms with Crippen molar-refractivity contribution < 1.29 is 34.1 Å². The SMILES string of the molecule is CC(C)[C@H](C[C@H](O)C(CC1CCCCC1)NC(=O)[C@H](Cc1cnc[nH]1)NC(=O)COc1cccc2ccccc12)C(=O)N[C@@H](CO)C(=O)N(C)c1ccccn1. The standard InChI is InChI=1S/C42H55N7O7/c1-27(2)32(40(53)48-35(24-50)42(55)49(3)38-18-9-10-19-44-38)22-36(51)33(20-28-12-5-4-6-13-28)47-41(54)34(21-30-23-43-26-45-30)46-39(52)25-56-37-17-11-15-29-14-7-8-16-31(29)37/h7-11,14-19,23,26-28,32-36,50-51H,4-6,12-13,20-22,24-25H2,1-3H3,(H,43,45)(H,46,52)(H,47,54)(H,48,53)/t32-,33?,34-,35-,36-/m0/s1. The van der Waals surface area contributed by atoms with Crippen LogP contribution in [0.15, 0.2) is 79.4 Å². The minimum Gasteiger partial charge on any atom is -0.483 e. The van der Waals surface area contributed by atoms with Gasteiger partial charge >= 0.3 is 0 Å². The summed E-state index contributed by atoms with van der Waals surface area (Å²) in [7, 11) is 1.52. The first-order chi connectivity index (χ1) is 27.0. The van der Waals surface area contributed by atoms with Crippen LogP contribution in [0, 0.1) is 17.8 Å². The van der Waals surface area contributed by atoms with Crippen molar-refractivity contribution in [3.8, 4) is 5.75 Å². The van der Waals surface area contributed by atoms with Gasteiger partial charge in [0.25, 0.3) is 11.8 Å². The Morgan fingerprint density at radius 3 is 2.38 bits per heavy atom. The summed E-state index contributed by atoms with van der Waals surface area (Å²) in [4.78, 5) is 67.0. The number of rotatable bonds is 19. The lowest BCUT2D eigenvalue weighted by Crippen LogP contribution is -2.55. The third-order valence-electron chi connectivity index (χ3n) is 10.6. The molecule has 300 valence electrons. The van der Waals surface area contributed by atoms with Crippen LogP contribution in [0.2, 0.25) is 0 Å². The fourth-order valence-corrected chi connectivity index (χ4v) is 7.37. The van der Waals surface area contributed by atoms with Gasteiger partial charge < -0.3 is 35.9 Å². The van der Waals surface area contributed by atoms with Crippen LogP contribution >= 0.6 is 0 Å². The third kappa shape index (κ3) is 11.6. The molecule has 2 heterocycles. The number of aliphatic hydroxyl groups is 2. The van der Waals surface area contributed by atoms with Gasteiger partial charge in [0.1, 0.15) is 23.7 Å². The average molecular weight is 770 g/mol. The Labute approximate surface area is 327 Å². The average Bonchev–Trinajstić information content (AvgIpc) is 3.73. The van der Waals surface area contributed by atoms with Crippen molar-refractivity contribution in [2.24, 2.45) is 17.8 Å². The van der Waals surface area contributed by atoms with Crippen LogP contribution in [0.25, 0.3) is 10.8 Å². The van der Waals surface area contributed by atoms with Crippen LogP contribution in [0.3, 0.4) is 0 Å². The molecule has 1 aliphatic rings. The molecule has 56 heavy (non-hydrogen) atoms. The number of H-pyrrole nitrogens is 1. The molecule has 5 rings (SSSR count). The van der Waals surface area contributed by atoms with Gasteiger partial charge in [0.05, 0.1) is 25.1 Å². The molecular formula is C42H55N7O7. The molecule has 0 bridgehead atoms. The Morgan fingerprint density at radius 1 is 0.929 bits per heavy atom. The maximum absolute atomic E-state index is 14.1. The second kappa shape index (κ2) is 20.5. The normalized spacial score (nSPS) is 16.0. The minimum absolute atomic E-state index is 0.0139. The summed E-state index contributed by atoms with van der Waals surface area (Å²) >= 11 is 0. The van der Waals surface area contributed by atoms with E-state index < -0.39 is 60.4 Å². The van der Waals surface area contributed by atoms with Crippen molar-refractivity contribution in [2.45, 2.75) is 89.4 Å². The number of aliphatic hydroxyl groups excluding tert-OH is 2. The van der Waals surface area contributed by atoms with Gasteiger partial charge in [-0.05, 0) is 48.3 Å². The summed E-state index contributed by atoms with van der Waals surface area (Å²) in [5, 5.41) is 32.4. The molecule has 6 N–H and O–H groups in total. The number of ether oxygens (including phenoxy) is 1. The van der Waals surface area contributed by atoms with E-state index in [1.165, 1.54) is 18.3 Å². The number of carbonyl (C=O) groups excluding carboxylic acids is 4. The molecule has 0 radical (unpaired) electrons. The summed E-state index contributed by atoms with van der Waals surface area (Å²) in [6, 6.07) is 15.4. The number of hydrogen-bond acceptors (Lipinski definition) is 9. The van der Waals surface area contributed by atoms with Gasteiger partial charge in [0.2, 0.25) is 11.8 Å². The highest BCUT2D eigenvalue weighted by Gasteiger charge is 2.35. The monoisotopic (exact) mass is 769 g/mol. The zero-order valence-electron chi connectivity index (χ0n) is 32.4. The number of hydrogen-bond donors (Lipinski definition) is 6. The highest BCUT2D eigenvalue weighted by Crippen LogP contribution is 2.30. The van der Waals surface area contributed by atoms with Crippen molar-refractivity contribution >= 4 is 40.2 Å². The summed E-state index contributed by atoms with van der Waals surface area (Å²) in [6.45, 7) is 2.73. The lowest BCUT2D eigenvalue weighted by atomic mass is 9.81. The van der Waals surface area contributed by atoms with E-state index in [1.54, 1.807) is 36.7 Å². The van der Waals surface area contributed by atoms with Gasteiger partial charge in [0.15, 0.2) is 6.61 Å². The number of benzene rings is 2. The molecule has 1 aliphatic carbocycles. The van der Waals surface area contributed by atoms with E-state index >= 15 is 0 Å². The molecule has 5 atom stereocenters.